The normalized spacial score (nSPS) is 20.9. The molecule has 1 spiro atoms. The Morgan fingerprint density at radius 2 is 1.68 bits per heavy atom. The zero-order valence-electron chi connectivity index (χ0n) is 24.2. The lowest BCUT2D eigenvalue weighted by atomic mass is 9.69. The molecule has 0 radical (unpaired) electrons. The fourth-order valence-electron chi connectivity index (χ4n) is 6.33. The first-order chi connectivity index (χ1) is 19.6. The zero-order chi connectivity index (χ0) is 29.2. The molecule has 0 atom stereocenters. The minimum atomic E-state index is -0.950. The molecule has 3 aromatic rings. The molecule has 5 rings (SSSR count). The number of nitrogens with one attached hydrogen (secondary N) is 1. The molecule has 0 aromatic heterocycles. The average Bonchev–Trinajstić information content (AvgIpc) is 3.21. The Labute approximate surface area is 241 Å². The van der Waals surface area contributed by atoms with E-state index in [0.29, 0.717) is 30.2 Å². The molecule has 7 heteroatoms. The molecule has 1 heterocycles. The summed E-state index contributed by atoms with van der Waals surface area (Å²) >= 11 is 0. The van der Waals surface area contributed by atoms with E-state index in [0.717, 1.165) is 47.6 Å². The van der Waals surface area contributed by atoms with Crippen LogP contribution >= 0.6 is 0 Å². The Morgan fingerprint density at radius 1 is 1.00 bits per heavy atom. The summed E-state index contributed by atoms with van der Waals surface area (Å²) in [5.41, 5.74) is 2.65. The van der Waals surface area contributed by atoms with Crippen LogP contribution in [0.25, 0.3) is 10.8 Å². The van der Waals surface area contributed by atoms with Gasteiger partial charge in [0.2, 0.25) is 0 Å². The van der Waals surface area contributed by atoms with Crippen molar-refractivity contribution in [3.63, 3.8) is 0 Å². The van der Waals surface area contributed by atoms with Crippen molar-refractivity contribution in [1.82, 2.24) is 10.2 Å². The van der Waals surface area contributed by atoms with Gasteiger partial charge in [0.05, 0.1) is 6.42 Å². The van der Waals surface area contributed by atoms with Gasteiger partial charge in [-0.1, -0.05) is 75.4 Å². The highest BCUT2D eigenvalue weighted by Gasteiger charge is 2.50. The maximum Gasteiger partial charge on any atom is 0.305 e. The smallest absolute Gasteiger partial charge is 0.305 e. The van der Waals surface area contributed by atoms with Crippen molar-refractivity contribution < 1.29 is 19.5 Å². The monoisotopic (exact) mass is 553 g/mol. The van der Waals surface area contributed by atoms with Crippen molar-refractivity contribution in [1.29, 1.82) is 0 Å². The zero-order valence-corrected chi connectivity index (χ0v) is 24.2. The number of amides is 2. The highest BCUT2D eigenvalue weighted by molar-refractivity contribution is 6.48. The Morgan fingerprint density at radius 3 is 2.37 bits per heavy atom. The number of carboxylic acids is 1. The van der Waals surface area contributed by atoms with Crippen LogP contribution in [0, 0.1) is 11.3 Å². The maximum absolute atomic E-state index is 14.1. The lowest BCUT2D eigenvalue weighted by Gasteiger charge is -2.45. The van der Waals surface area contributed by atoms with Gasteiger partial charge in [0, 0.05) is 24.2 Å². The van der Waals surface area contributed by atoms with Gasteiger partial charge in [-0.25, -0.2) is 0 Å². The number of hydrogen-bond acceptors (Lipinski definition) is 4. The molecular formula is C34H39N3O4. The number of carbonyl (C=O) groups is 3. The van der Waals surface area contributed by atoms with E-state index >= 15 is 0 Å². The summed E-state index contributed by atoms with van der Waals surface area (Å²) in [4.78, 5) is 44.4. The summed E-state index contributed by atoms with van der Waals surface area (Å²) < 4.78 is 0. The van der Waals surface area contributed by atoms with E-state index in [9.17, 15) is 14.4 Å². The Balaban J connectivity index is 1.36. The number of carboxylic acid groups (broad SMARTS) is 1. The van der Waals surface area contributed by atoms with Crippen LogP contribution in [0.3, 0.4) is 0 Å². The summed E-state index contributed by atoms with van der Waals surface area (Å²) in [7, 11) is 0. The Bertz CT molecular complexity index is 1470. The van der Waals surface area contributed by atoms with Crippen LogP contribution in [0.4, 0.5) is 0 Å². The highest BCUT2D eigenvalue weighted by atomic mass is 16.4. The maximum atomic E-state index is 14.1. The van der Waals surface area contributed by atoms with Crippen molar-refractivity contribution in [2.75, 3.05) is 13.1 Å². The fraction of sp³-hybridized carbons (Fsp3) is 0.412. The number of aliphatic carboxylic acids is 1. The van der Waals surface area contributed by atoms with E-state index in [-0.39, 0.29) is 30.2 Å². The van der Waals surface area contributed by atoms with E-state index < -0.39 is 11.6 Å². The summed E-state index contributed by atoms with van der Waals surface area (Å²) in [5.74, 6) is -0.661. The Kier molecular flexibility index (Phi) is 7.98. The van der Waals surface area contributed by atoms with Gasteiger partial charge in [-0.05, 0) is 71.9 Å². The molecule has 2 aliphatic rings. The molecule has 2 amide bonds. The molecule has 7 nitrogen and oxygen atoms in total. The third-order valence-electron chi connectivity index (χ3n) is 8.79. The second-order valence-electron chi connectivity index (χ2n) is 12.4. The summed E-state index contributed by atoms with van der Waals surface area (Å²) in [5, 5.41) is 13.5. The van der Waals surface area contributed by atoms with Crippen LogP contribution in [0.5, 0.6) is 0 Å². The molecule has 41 heavy (non-hydrogen) atoms. The molecule has 1 aliphatic heterocycles. The minimum Gasteiger partial charge on any atom is -0.481 e. The quantitative estimate of drug-likeness (QED) is 0.366. The van der Waals surface area contributed by atoms with Gasteiger partial charge in [0.25, 0.3) is 11.8 Å². The lowest BCUT2D eigenvalue weighted by molar-refractivity contribution is -0.136. The van der Waals surface area contributed by atoms with Crippen LogP contribution in [0.2, 0.25) is 0 Å². The number of fused-ring (bicyclic) bond motifs is 1. The van der Waals surface area contributed by atoms with Gasteiger partial charge in [-0.2, -0.15) is 0 Å². The van der Waals surface area contributed by atoms with E-state index in [1.165, 1.54) is 0 Å². The SMILES string of the molecule is CC(C)(C)C1CCC2(CC1)N=C(c1cccc3ccccc13)C(=O)N2CCc1ccc(C(=O)NCCC(=O)O)cc1. The molecule has 1 saturated carbocycles. The van der Waals surface area contributed by atoms with Gasteiger partial charge in [-0.3, -0.25) is 19.4 Å². The van der Waals surface area contributed by atoms with E-state index in [2.05, 4.69) is 44.3 Å². The first kappa shape index (κ1) is 28.5. The predicted octanol–water partition coefficient (Wildman–Crippen LogP) is 5.85. The van der Waals surface area contributed by atoms with Crippen LogP contribution in [-0.4, -0.2) is 52.3 Å². The summed E-state index contributed by atoms with van der Waals surface area (Å²) in [6.45, 7) is 7.53. The second kappa shape index (κ2) is 11.5. The number of hydrogen-bond donors (Lipinski definition) is 2. The number of nitrogens with zero attached hydrogens (tertiary/aromatic N) is 2. The number of rotatable bonds is 8. The third kappa shape index (κ3) is 6.04. The van der Waals surface area contributed by atoms with Gasteiger partial charge in [0.15, 0.2) is 0 Å². The second-order valence-corrected chi connectivity index (χ2v) is 12.4. The van der Waals surface area contributed by atoms with Crippen molar-refractivity contribution >= 4 is 34.3 Å². The molecule has 3 aromatic carbocycles. The molecular weight excluding hydrogens is 514 g/mol. The topological polar surface area (TPSA) is 99.1 Å². The van der Waals surface area contributed by atoms with E-state index in [1.807, 2.05) is 41.3 Å². The molecule has 214 valence electrons. The molecule has 0 unspecified atom stereocenters. The number of carbonyl (C=O) groups excluding carboxylic acids is 2. The number of aliphatic imine (C=N–C) groups is 1. The predicted molar refractivity (Wildman–Crippen MR) is 161 cm³/mol. The van der Waals surface area contributed by atoms with Crippen LogP contribution in [0.1, 0.15) is 74.4 Å². The lowest BCUT2D eigenvalue weighted by Crippen LogP contribution is -2.50. The van der Waals surface area contributed by atoms with Crippen LogP contribution in [0.15, 0.2) is 71.7 Å². The standard InChI is InChI=1S/C34H39N3O4/c1-33(2,3)26-15-19-34(20-16-26)36-30(28-10-6-8-24-7-4-5-9-27(24)28)32(41)37(34)22-18-23-11-13-25(14-12-23)31(40)35-21-17-29(38)39/h4-14,26H,15-22H2,1-3H3,(H,35,40)(H,38,39). The molecule has 0 saturated heterocycles. The van der Waals surface area contributed by atoms with Gasteiger partial charge < -0.3 is 15.3 Å². The van der Waals surface area contributed by atoms with Gasteiger partial charge in [0.1, 0.15) is 11.4 Å². The van der Waals surface area contributed by atoms with Crippen molar-refractivity contribution in [2.24, 2.45) is 16.3 Å². The first-order valence-electron chi connectivity index (χ1n) is 14.6. The van der Waals surface area contributed by atoms with Crippen LogP contribution < -0.4 is 5.32 Å². The highest BCUT2D eigenvalue weighted by Crippen LogP contribution is 2.47. The first-order valence-corrected chi connectivity index (χ1v) is 14.6. The third-order valence-corrected chi connectivity index (χ3v) is 8.79. The van der Waals surface area contributed by atoms with E-state index in [4.69, 9.17) is 10.1 Å². The number of benzene rings is 3. The van der Waals surface area contributed by atoms with Gasteiger partial charge >= 0.3 is 5.97 Å². The Hall–Kier alpha value is -4.00. The van der Waals surface area contributed by atoms with Crippen molar-refractivity contribution in [2.45, 2.75) is 65.0 Å². The summed E-state index contributed by atoms with van der Waals surface area (Å²) in [6, 6.07) is 21.5. The average molecular weight is 554 g/mol. The van der Waals surface area contributed by atoms with Crippen molar-refractivity contribution in [3.8, 4) is 0 Å². The molecule has 1 fully saturated rings. The van der Waals surface area contributed by atoms with Gasteiger partial charge in [-0.15, -0.1) is 0 Å². The molecule has 1 aliphatic carbocycles. The van der Waals surface area contributed by atoms with E-state index in [1.54, 1.807) is 12.1 Å². The largest absolute Gasteiger partial charge is 0.481 e. The molecule has 0 bridgehead atoms. The van der Waals surface area contributed by atoms with Crippen LogP contribution in [-0.2, 0) is 16.0 Å². The fourth-order valence-corrected chi connectivity index (χ4v) is 6.33. The van der Waals surface area contributed by atoms with Crippen molar-refractivity contribution in [3.05, 3.63) is 83.4 Å². The summed E-state index contributed by atoms with van der Waals surface area (Å²) in [6.07, 6.45) is 4.30. The minimum absolute atomic E-state index is 0.00927. The molecule has 2 N–H and O–H groups in total.